The first-order valence-corrected chi connectivity index (χ1v) is 6.07. The highest BCUT2D eigenvalue weighted by Crippen LogP contribution is 2.01. The molecule has 0 fully saturated rings. The minimum Gasteiger partial charge on any atom is -0.311 e. The topological polar surface area (TPSA) is 50.7 Å². The summed E-state index contributed by atoms with van der Waals surface area (Å²) in [5, 5.41) is 11.3. The largest absolute Gasteiger partial charge is 0.311 e. The summed E-state index contributed by atoms with van der Waals surface area (Å²) in [7, 11) is 0. The first kappa shape index (κ1) is 9.70. The average Bonchev–Trinajstić information content (AvgIpc) is 2.86. The van der Waals surface area contributed by atoms with Gasteiger partial charge in [-0.3, -0.25) is 0 Å². The predicted octanol–water partition coefficient (Wildman–Crippen LogP) is 1.33. The van der Waals surface area contributed by atoms with Crippen molar-refractivity contribution in [3.05, 3.63) is 27.7 Å². The summed E-state index contributed by atoms with van der Waals surface area (Å²) in [6.45, 7) is 1.72. The van der Waals surface area contributed by atoms with Crippen LogP contribution in [0.25, 0.3) is 0 Å². The molecule has 0 atom stereocenters. The molecule has 2 aromatic heterocycles. The Hall–Kier alpha value is -0.850. The van der Waals surface area contributed by atoms with Gasteiger partial charge in [-0.05, 0) is 11.5 Å². The van der Waals surface area contributed by atoms with Gasteiger partial charge in [0.05, 0.1) is 16.9 Å². The van der Waals surface area contributed by atoms with E-state index in [9.17, 15) is 0 Å². The van der Waals surface area contributed by atoms with Crippen molar-refractivity contribution in [1.29, 1.82) is 0 Å². The third kappa shape index (κ3) is 2.83. The van der Waals surface area contributed by atoms with E-state index in [-0.39, 0.29) is 0 Å². The van der Waals surface area contributed by atoms with Gasteiger partial charge in [0.2, 0.25) is 0 Å². The van der Waals surface area contributed by atoms with Crippen LogP contribution in [0.2, 0.25) is 0 Å². The molecule has 0 unspecified atom stereocenters. The molecule has 74 valence electrons. The van der Waals surface area contributed by atoms with E-state index in [2.05, 4.69) is 25.3 Å². The third-order valence-corrected chi connectivity index (χ3v) is 2.94. The number of nitrogens with one attached hydrogen (secondary N) is 1. The third-order valence-electron chi connectivity index (χ3n) is 1.75. The van der Waals surface area contributed by atoms with Crippen LogP contribution in [-0.4, -0.2) is 21.1 Å². The monoisotopic (exact) mass is 226 g/mol. The van der Waals surface area contributed by atoms with Crippen LogP contribution in [0.4, 0.5) is 0 Å². The molecule has 0 bridgehead atoms. The van der Waals surface area contributed by atoms with Crippen molar-refractivity contribution in [2.45, 2.75) is 13.0 Å². The minimum atomic E-state index is 0.792. The van der Waals surface area contributed by atoms with E-state index < -0.39 is 0 Å². The molecule has 0 aliphatic carbocycles. The highest BCUT2D eigenvalue weighted by molar-refractivity contribution is 7.07. The van der Waals surface area contributed by atoms with Crippen LogP contribution < -0.4 is 5.32 Å². The summed E-state index contributed by atoms with van der Waals surface area (Å²) in [5.41, 5.74) is 4.02. The molecule has 4 nitrogen and oxygen atoms in total. The maximum Gasteiger partial charge on any atom is 0.0893 e. The number of hydrogen-bond acceptors (Lipinski definition) is 6. The SMILES string of the molecule is c1nc(CCNCc2csnn2)cs1. The smallest absolute Gasteiger partial charge is 0.0893 e. The fourth-order valence-corrected chi connectivity index (χ4v) is 2.10. The van der Waals surface area contributed by atoms with Gasteiger partial charge in [0.1, 0.15) is 0 Å². The van der Waals surface area contributed by atoms with Gasteiger partial charge in [-0.15, -0.1) is 16.4 Å². The van der Waals surface area contributed by atoms with E-state index in [4.69, 9.17) is 0 Å². The van der Waals surface area contributed by atoms with Crippen molar-refractivity contribution < 1.29 is 0 Å². The van der Waals surface area contributed by atoms with Crippen molar-refractivity contribution in [3.63, 3.8) is 0 Å². The first-order valence-electron chi connectivity index (χ1n) is 4.29. The molecule has 1 N–H and O–H groups in total. The van der Waals surface area contributed by atoms with Gasteiger partial charge >= 0.3 is 0 Å². The Morgan fingerprint density at radius 1 is 1.29 bits per heavy atom. The molecule has 0 saturated heterocycles. The molecular formula is C8H10N4S2. The Bertz CT molecular complexity index is 307. The van der Waals surface area contributed by atoms with E-state index in [1.807, 2.05) is 10.9 Å². The molecule has 0 saturated carbocycles. The van der Waals surface area contributed by atoms with Crippen molar-refractivity contribution in [2.75, 3.05) is 6.54 Å². The number of thiazole rings is 1. The van der Waals surface area contributed by atoms with Crippen molar-refractivity contribution in [3.8, 4) is 0 Å². The summed E-state index contributed by atoms with van der Waals surface area (Å²) in [5.74, 6) is 0. The molecule has 0 aromatic carbocycles. The lowest BCUT2D eigenvalue weighted by molar-refractivity contribution is 0.668. The summed E-state index contributed by atoms with van der Waals surface area (Å²) in [6, 6.07) is 0. The quantitative estimate of drug-likeness (QED) is 0.781. The van der Waals surface area contributed by atoms with Crippen molar-refractivity contribution in [2.24, 2.45) is 0 Å². The maximum atomic E-state index is 4.20. The number of rotatable bonds is 5. The Kier molecular flexibility index (Phi) is 3.56. The molecule has 14 heavy (non-hydrogen) atoms. The maximum absolute atomic E-state index is 4.20. The summed E-state index contributed by atoms with van der Waals surface area (Å²) < 4.78 is 3.79. The van der Waals surface area contributed by atoms with Gasteiger partial charge < -0.3 is 5.32 Å². The normalized spacial score (nSPS) is 10.6. The van der Waals surface area contributed by atoms with Crippen LogP contribution in [0.3, 0.4) is 0 Å². The molecule has 0 aliphatic rings. The molecule has 0 aliphatic heterocycles. The zero-order valence-corrected chi connectivity index (χ0v) is 9.14. The predicted molar refractivity (Wildman–Crippen MR) is 57.4 cm³/mol. The van der Waals surface area contributed by atoms with Crippen LogP contribution in [0.15, 0.2) is 16.3 Å². The van der Waals surface area contributed by atoms with Crippen LogP contribution in [-0.2, 0) is 13.0 Å². The number of aromatic nitrogens is 3. The zero-order chi connectivity index (χ0) is 9.64. The van der Waals surface area contributed by atoms with Crippen molar-refractivity contribution in [1.82, 2.24) is 19.9 Å². The second-order valence-electron chi connectivity index (χ2n) is 2.80. The molecule has 0 radical (unpaired) electrons. The van der Waals surface area contributed by atoms with E-state index in [1.165, 1.54) is 11.5 Å². The molecule has 0 amide bonds. The van der Waals surface area contributed by atoms with E-state index in [1.54, 1.807) is 11.3 Å². The van der Waals surface area contributed by atoms with Crippen LogP contribution >= 0.6 is 22.9 Å². The van der Waals surface area contributed by atoms with E-state index in [0.717, 1.165) is 30.9 Å². The van der Waals surface area contributed by atoms with Crippen LogP contribution in [0, 0.1) is 0 Å². The van der Waals surface area contributed by atoms with Gasteiger partial charge in [0.25, 0.3) is 0 Å². The second kappa shape index (κ2) is 5.14. The fourth-order valence-electron chi connectivity index (χ4n) is 1.05. The minimum absolute atomic E-state index is 0.792. The van der Waals surface area contributed by atoms with E-state index in [0.29, 0.717) is 0 Å². The lowest BCUT2D eigenvalue weighted by Gasteiger charge is -1.99. The van der Waals surface area contributed by atoms with Crippen LogP contribution in [0.1, 0.15) is 11.4 Å². The Balaban J connectivity index is 1.65. The Morgan fingerprint density at radius 2 is 2.29 bits per heavy atom. The Labute approximate surface area is 90.2 Å². The molecule has 2 aromatic rings. The Morgan fingerprint density at radius 3 is 3.00 bits per heavy atom. The van der Waals surface area contributed by atoms with Gasteiger partial charge in [-0.1, -0.05) is 4.49 Å². The summed E-state index contributed by atoms with van der Waals surface area (Å²) >= 11 is 3.02. The molecular weight excluding hydrogens is 216 g/mol. The first-order chi connectivity index (χ1) is 6.95. The van der Waals surface area contributed by atoms with Crippen molar-refractivity contribution >= 4 is 22.9 Å². The lowest BCUT2D eigenvalue weighted by atomic mass is 10.3. The summed E-state index contributed by atoms with van der Waals surface area (Å²) in [4.78, 5) is 4.20. The number of hydrogen-bond donors (Lipinski definition) is 1. The van der Waals surface area contributed by atoms with Gasteiger partial charge in [0.15, 0.2) is 0 Å². The zero-order valence-electron chi connectivity index (χ0n) is 7.51. The highest BCUT2D eigenvalue weighted by Gasteiger charge is 1.96. The van der Waals surface area contributed by atoms with Gasteiger partial charge in [-0.25, -0.2) is 4.98 Å². The molecule has 6 heteroatoms. The van der Waals surface area contributed by atoms with Crippen LogP contribution in [0.5, 0.6) is 0 Å². The fraction of sp³-hybridized carbons (Fsp3) is 0.375. The molecule has 0 spiro atoms. The van der Waals surface area contributed by atoms with Gasteiger partial charge in [-0.2, -0.15) is 0 Å². The summed E-state index contributed by atoms with van der Waals surface area (Å²) in [6.07, 6.45) is 0.973. The standard InChI is InChI=1S/C8H10N4S2/c1(7-4-13-6-10-7)2-9-3-8-5-14-12-11-8/h4-6,9H,1-3H2. The lowest BCUT2D eigenvalue weighted by Crippen LogP contribution is -2.16. The second-order valence-corrected chi connectivity index (χ2v) is 4.13. The van der Waals surface area contributed by atoms with E-state index >= 15 is 0 Å². The van der Waals surface area contributed by atoms with Gasteiger partial charge in [0, 0.05) is 30.3 Å². The average molecular weight is 226 g/mol. The highest BCUT2D eigenvalue weighted by atomic mass is 32.1. The molecule has 2 heterocycles. The number of nitrogens with zero attached hydrogens (tertiary/aromatic N) is 3. The molecule has 2 rings (SSSR count).